The van der Waals surface area contributed by atoms with Crippen molar-refractivity contribution in [2.45, 2.75) is 24.1 Å². The summed E-state index contributed by atoms with van der Waals surface area (Å²) in [5.74, 6) is 0.350. The van der Waals surface area contributed by atoms with Gasteiger partial charge >= 0.3 is 0 Å². The number of carbonyl (C=O) groups excluding carboxylic acids is 1. The molecule has 0 spiro atoms. The minimum absolute atomic E-state index is 0.0703. The molecule has 0 bridgehead atoms. The van der Waals surface area contributed by atoms with Crippen LogP contribution in [0.2, 0.25) is 5.02 Å². The second-order valence-electron chi connectivity index (χ2n) is 6.90. The van der Waals surface area contributed by atoms with Gasteiger partial charge in [-0.15, -0.1) is 0 Å². The van der Waals surface area contributed by atoms with Gasteiger partial charge in [0.1, 0.15) is 12.3 Å². The highest BCUT2D eigenvalue weighted by atomic mass is 35.5. The molecule has 7 nitrogen and oxygen atoms in total. The van der Waals surface area contributed by atoms with E-state index in [0.717, 1.165) is 0 Å². The maximum absolute atomic E-state index is 13.1. The van der Waals surface area contributed by atoms with Gasteiger partial charge in [0.15, 0.2) is 15.7 Å². The highest BCUT2D eigenvalue weighted by Crippen LogP contribution is 2.28. The van der Waals surface area contributed by atoms with Crippen LogP contribution in [0.1, 0.15) is 11.3 Å². The van der Waals surface area contributed by atoms with E-state index in [1.165, 1.54) is 6.20 Å². The van der Waals surface area contributed by atoms with E-state index in [9.17, 15) is 13.2 Å². The first-order chi connectivity index (χ1) is 14.3. The summed E-state index contributed by atoms with van der Waals surface area (Å²) in [6.45, 7) is 1.65. The van der Waals surface area contributed by atoms with Gasteiger partial charge in [-0.25, -0.2) is 8.42 Å². The fourth-order valence-electron chi connectivity index (χ4n) is 3.28. The molecule has 0 aliphatic heterocycles. The fraction of sp³-hybridized carbons (Fsp3) is 0.143. The standard InChI is InChI=1S/C21H18ClN3O4S/c1-14-9-20(24-29-14)23-21(26)12-25-11-19(17-7-2-3-8-18(17)25)30(27,28)13-15-5-4-6-16(22)10-15/h2-11H,12-13H2,1H3,(H,23,24,26). The van der Waals surface area contributed by atoms with E-state index >= 15 is 0 Å². The van der Waals surface area contributed by atoms with Crippen molar-refractivity contribution in [1.29, 1.82) is 0 Å². The summed E-state index contributed by atoms with van der Waals surface area (Å²) < 4.78 is 32.8. The Morgan fingerprint density at radius 1 is 1.17 bits per heavy atom. The van der Waals surface area contributed by atoms with Crippen LogP contribution in [-0.2, 0) is 26.9 Å². The molecule has 0 saturated carbocycles. The Balaban J connectivity index is 1.65. The summed E-state index contributed by atoms with van der Waals surface area (Å²) >= 11 is 5.99. The number of nitrogens with one attached hydrogen (secondary N) is 1. The summed E-state index contributed by atoms with van der Waals surface area (Å²) in [5.41, 5.74) is 1.24. The van der Waals surface area contributed by atoms with E-state index in [1.807, 2.05) is 0 Å². The molecule has 2 heterocycles. The molecule has 1 N–H and O–H groups in total. The third-order valence-electron chi connectivity index (χ3n) is 4.54. The highest BCUT2D eigenvalue weighted by Gasteiger charge is 2.22. The number of anilines is 1. The summed E-state index contributed by atoms with van der Waals surface area (Å²) in [5, 5.41) is 7.41. The number of rotatable bonds is 6. The summed E-state index contributed by atoms with van der Waals surface area (Å²) in [4.78, 5) is 12.6. The molecule has 1 amide bonds. The van der Waals surface area contributed by atoms with Crippen LogP contribution in [0.5, 0.6) is 0 Å². The summed E-state index contributed by atoms with van der Waals surface area (Å²) in [6.07, 6.45) is 1.50. The summed E-state index contributed by atoms with van der Waals surface area (Å²) in [7, 11) is -3.67. The quantitative estimate of drug-likeness (QED) is 0.482. The number of hydrogen-bond acceptors (Lipinski definition) is 5. The zero-order chi connectivity index (χ0) is 21.3. The third-order valence-corrected chi connectivity index (χ3v) is 6.49. The number of halogens is 1. The number of nitrogens with zero attached hydrogens (tertiary/aromatic N) is 2. The van der Waals surface area contributed by atoms with Crippen molar-refractivity contribution in [3.8, 4) is 0 Å². The molecule has 2 aromatic heterocycles. The molecule has 0 saturated heterocycles. The van der Waals surface area contributed by atoms with Crippen LogP contribution in [0.15, 0.2) is 70.2 Å². The first kappa shape index (κ1) is 20.2. The van der Waals surface area contributed by atoms with Crippen molar-refractivity contribution in [1.82, 2.24) is 9.72 Å². The number of benzene rings is 2. The van der Waals surface area contributed by atoms with E-state index in [-0.39, 0.29) is 23.1 Å². The van der Waals surface area contributed by atoms with Gasteiger partial charge in [0.2, 0.25) is 5.91 Å². The van der Waals surface area contributed by atoms with Gasteiger partial charge in [0.05, 0.1) is 10.6 Å². The van der Waals surface area contributed by atoms with Crippen LogP contribution in [0.4, 0.5) is 5.82 Å². The number of aromatic nitrogens is 2. The first-order valence-electron chi connectivity index (χ1n) is 9.10. The molecule has 4 rings (SSSR count). The number of amides is 1. The highest BCUT2D eigenvalue weighted by molar-refractivity contribution is 7.90. The van der Waals surface area contributed by atoms with Gasteiger partial charge < -0.3 is 14.4 Å². The van der Waals surface area contributed by atoms with Gasteiger partial charge in [-0.05, 0) is 30.7 Å². The normalized spacial score (nSPS) is 11.7. The maximum atomic E-state index is 13.1. The lowest BCUT2D eigenvalue weighted by atomic mass is 10.2. The van der Waals surface area contributed by atoms with Crippen molar-refractivity contribution < 1.29 is 17.7 Å². The SMILES string of the molecule is Cc1cc(NC(=O)Cn2cc(S(=O)(=O)Cc3cccc(Cl)c3)c3ccccc32)no1. The number of para-hydroxylation sites is 1. The van der Waals surface area contributed by atoms with Crippen molar-refractivity contribution >= 4 is 44.1 Å². The van der Waals surface area contributed by atoms with E-state index in [1.54, 1.807) is 66.1 Å². The van der Waals surface area contributed by atoms with Crippen LogP contribution in [0, 0.1) is 6.92 Å². The van der Waals surface area contributed by atoms with Crippen molar-refractivity contribution in [2.75, 3.05) is 5.32 Å². The Bertz CT molecular complexity index is 1340. The van der Waals surface area contributed by atoms with E-state index in [2.05, 4.69) is 10.5 Å². The molecule has 30 heavy (non-hydrogen) atoms. The van der Waals surface area contributed by atoms with Gasteiger partial charge in [-0.1, -0.05) is 47.1 Å². The minimum atomic E-state index is -3.67. The third kappa shape index (κ3) is 4.24. The number of aryl methyl sites for hydroxylation is 1. The average molecular weight is 444 g/mol. The van der Waals surface area contributed by atoms with Crippen LogP contribution in [-0.4, -0.2) is 24.0 Å². The molecule has 0 aliphatic rings. The first-order valence-corrected chi connectivity index (χ1v) is 11.1. The molecule has 4 aromatic rings. The Kier molecular flexibility index (Phi) is 5.36. The van der Waals surface area contributed by atoms with Crippen LogP contribution in [0.25, 0.3) is 10.9 Å². The van der Waals surface area contributed by atoms with Crippen LogP contribution >= 0.6 is 11.6 Å². The molecule has 0 radical (unpaired) electrons. The predicted molar refractivity (Wildman–Crippen MR) is 114 cm³/mol. The maximum Gasteiger partial charge on any atom is 0.245 e. The van der Waals surface area contributed by atoms with E-state index < -0.39 is 9.84 Å². The van der Waals surface area contributed by atoms with Crippen LogP contribution < -0.4 is 5.32 Å². The zero-order valence-electron chi connectivity index (χ0n) is 16.0. The Labute approximate surface area is 178 Å². The van der Waals surface area contributed by atoms with E-state index in [4.69, 9.17) is 16.1 Å². The molecule has 0 unspecified atom stereocenters. The molecule has 0 aliphatic carbocycles. The smallest absolute Gasteiger partial charge is 0.245 e. The molecular formula is C21H18ClN3O4S. The second kappa shape index (κ2) is 7.97. The lowest BCUT2D eigenvalue weighted by Crippen LogP contribution is -2.18. The lowest BCUT2D eigenvalue weighted by Gasteiger charge is -2.05. The Hall–Kier alpha value is -3.10. The number of sulfone groups is 1. The van der Waals surface area contributed by atoms with Crippen LogP contribution in [0.3, 0.4) is 0 Å². The number of fused-ring (bicyclic) bond motifs is 1. The average Bonchev–Trinajstić information content (AvgIpc) is 3.25. The Morgan fingerprint density at radius 2 is 1.97 bits per heavy atom. The molecule has 2 aromatic carbocycles. The molecule has 154 valence electrons. The molecular weight excluding hydrogens is 426 g/mol. The molecule has 9 heteroatoms. The van der Waals surface area contributed by atoms with Gasteiger partial charge in [-0.2, -0.15) is 0 Å². The number of hydrogen-bond donors (Lipinski definition) is 1. The second-order valence-corrected chi connectivity index (χ2v) is 9.29. The van der Waals surface area contributed by atoms with Crippen molar-refractivity contribution in [3.63, 3.8) is 0 Å². The topological polar surface area (TPSA) is 94.2 Å². The van der Waals surface area contributed by atoms with Gasteiger partial charge in [-0.3, -0.25) is 4.79 Å². The monoisotopic (exact) mass is 443 g/mol. The van der Waals surface area contributed by atoms with Crippen molar-refractivity contribution in [3.05, 3.63) is 77.1 Å². The van der Waals surface area contributed by atoms with Gasteiger partial charge in [0.25, 0.3) is 0 Å². The van der Waals surface area contributed by atoms with Gasteiger partial charge in [0, 0.05) is 28.2 Å². The molecule has 0 atom stereocenters. The minimum Gasteiger partial charge on any atom is -0.360 e. The largest absolute Gasteiger partial charge is 0.360 e. The fourth-order valence-corrected chi connectivity index (χ4v) is 5.06. The van der Waals surface area contributed by atoms with Crippen molar-refractivity contribution in [2.24, 2.45) is 0 Å². The summed E-state index contributed by atoms with van der Waals surface area (Å²) in [6, 6.07) is 15.4. The zero-order valence-corrected chi connectivity index (χ0v) is 17.6. The predicted octanol–water partition coefficient (Wildman–Crippen LogP) is 4.20. The lowest BCUT2D eigenvalue weighted by molar-refractivity contribution is -0.116. The number of carbonyl (C=O) groups is 1. The molecule has 0 fully saturated rings. The Morgan fingerprint density at radius 3 is 2.70 bits per heavy atom. The van der Waals surface area contributed by atoms with E-state index in [0.29, 0.717) is 33.1 Å².